The van der Waals surface area contributed by atoms with Crippen molar-refractivity contribution in [3.05, 3.63) is 34.9 Å². The van der Waals surface area contributed by atoms with E-state index in [1.165, 1.54) is 12.1 Å². The number of rotatable bonds is 5. The van der Waals surface area contributed by atoms with Gasteiger partial charge in [0.25, 0.3) is 0 Å². The van der Waals surface area contributed by atoms with Crippen LogP contribution in [-0.4, -0.2) is 45.4 Å². The van der Waals surface area contributed by atoms with Gasteiger partial charge in [-0.1, -0.05) is 17.2 Å². The van der Waals surface area contributed by atoms with Gasteiger partial charge in [0.2, 0.25) is 6.10 Å². The summed E-state index contributed by atoms with van der Waals surface area (Å²) >= 11 is 0. The lowest BCUT2D eigenvalue weighted by atomic mass is 10.1. The van der Waals surface area contributed by atoms with Crippen LogP contribution >= 0.6 is 0 Å². The number of hydrogen-bond donors (Lipinski definition) is 3. The van der Waals surface area contributed by atoms with E-state index in [1.54, 1.807) is 19.9 Å². The van der Waals surface area contributed by atoms with Gasteiger partial charge in [0.05, 0.1) is 5.56 Å². The Balaban J connectivity index is 2.96. The minimum atomic E-state index is -2.33. The number of aliphatic hydroxyl groups is 1. The molecule has 0 saturated heterocycles. The summed E-state index contributed by atoms with van der Waals surface area (Å²) < 4.78 is 4.56. The van der Waals surface area contributed by atoms with Crippen LogP contribution in [0.1, 0.15) is 21.5 Å². The molecule has 1 rings (SSSR count). The molecule has 2 atom stereocenters. The van der Waals surface area contributed by atoms with E-state index in [0.29, 0.717) is 0 Å². The zero-order valence-corrected chi connectivity index (χ0v) is 10.9. The Bertz CT molecular complexity index is 529. The van der Waals surface area contributed by atoms with Crippen molar-refractivity contribution < 1.29 is 34.4 Å². The largest absolute Gasteiger partial charge is 0.479 e. The van der Waals surface area contributed by atoms with Crippen molar-refractivity contribution in [3.8, 4) is 0 Å². The summed E-state index contributed by atoms with van der Waals surface area (Å²) in [5.41, 5.74) is 1.62. The molecule has 1 aromatic carbocycles. The SMILES string of the molecule is Cc1cc(C)cc(C(=O)OC(C(=O)O)C(O)C(=O)O)c1. The zero-order chi connectivity index (χ0) is 15.4. The molecule has 0 radical (unpaired) electrons. The van der Waals surface area contributed by atoms with E-state index in [4.69, 9.17) is 10.2 Å². The maximum Gasteiger partial charge on any atom is 0.348 e. The number of carboxylic acids is 2. The Morgan fingerprint density at radius 1 is 1.00 bits per heavy atom. The third-order valence-electron chi connectivity index (χ3n) is 2.47. The lowest BCUT2D eigenvalue weighted by Gasteiger charge is -2.16. The quantitative estimate of drug-likeness (QED) is 0.666. The van der Waals surface area contributed by atoms with Crippen molar-refractivity contribution >= 4 is 17.9 Å². The number of aryl methyl sites for hydroxylation is 2. The van der Waals surface area contributed by atoms with Crippen LogP contribution in [0.4, 0.5) is 0 Å². The number of aliphatic carboxylic acids is 2. The van der Waals surface area contributed by atoms with Crippen molar-refractivity contribution in [2.45, 2.75) is 26.1 Å². The smallest absolute Gasteiger partial charge is 0.348 e. The summed E-state index contributed by atoms with van der Waals surface area (Å²) in [5.74, 6) is -4.53. The fourth-order valence-electron chi connectivity index (χ4n) is 1.66. The predicted octanol–water partition coefficient (Wildman–Crippen LogP) is 0.359. The van der Waals surface area contributed by atoms with Gasteiger partial charge >= 0.3 is 17.9 Å². The second kappa shape index (κ2) is 6.16. The first-order chi connectivity index (χ1) is 9.22. The molecule has 0 heterocycles. The summed E-state index contributed by atoms with van der Waals surface area (Å²) in [6.45, 7) is 3.48. The molecule has 1 aromatic rings. The zero-order valence-electron chi connectivity index (χ0n) is 10.9. The highest BCUT2D eigenvalue weighted by atomic mass is 16.6. The first-order valence-electron chi connectivity index (χ1n) is 5.65. The van der Waals surface area contributed by atoms with Crippen LogP contribution in [-0.2, 0) is 14.3 Å². The van der Waals surface area contributed by atoms with Crippen LogP contribution < -0.4 is 0 Å². The van der Waals surface area contributed by atoms with E-state index in [9.17, 15) is 19.5 Å². The second-order valence-electron chi connectivity index (χ2n) is 4.32. The van der Waals surface area contributed by atoms with Crippen molar-refractivity contribution in [2.24, 2.45) is 0 Å². The number of carbonyl (C=O) groups excluding carboxylic acids is 1. The first-order valence-corrected chi connectivity index (χ1v) is 5.65. The molecule has 108 valence electrons. The third-order valence-corrected chi connectivity index (χ3v) is 2.47. The van der Waals surface area contributed by atoms with Gasteiger partial charge < -0.3 is 20.1 Å². The number of hydrogen-bond acceptors (Lipinski definition) is 5. The third kappa shape index (κ3) is 3.79. The number of carbonyl (C=O) groups is 3. The Morgan fingerprint density at radius 3 is 1.90 bits per heavy atom. The molecule has 2 unspecified atom stereocenters. The number of benzene rings is 1. The van der Waals surface area contributed by atoms with E-state index in [2.05, 4.69) is 4.74 Å². The highest BCUT2D eigenvalue weighted by Crippen LogP contribution is 2.12. The summed E-state index contributed by atoms with van der Waals surface area (Å²) in [6, 6.07) is 4.75. The Morgan fingerprint density at radius 2 is 1.50 bits per heavy atom. The van der Waals surface area contributed by atoms with Gasteiger partial charge in [0.1, 0.15) is 0 Å². The van der Waals surface area contributed by atoms with Crippen LogP contribution in [0, 0.1) is 13.8 Å². The molecule has 20 heavy (non-hydrogen) atoms. The van der Waals surface area contributed by atoms with Crippen LogP contribution in [0.2, 0.25) is 0 Å². The van der Waals surface area contributed by atoms with E-state index in [-0.39, 0.29) is 5.56 Å². The second-order valence-corrected chi connectivity index (χ2v) is 4.32. The van der Waals surface area contributed by atoms with Gasteiger partial charge in [-0.05, 0) is 26.0 Å². The highest BCUT2D eigenvalue weighted by Gasteiger charge is 2.35. The molecule has 3 N–H and O–H groups in total. The fraction of sp³-hybridized carbons (Fsp3) is 0.308. The average molecular weight is 282 g/mol. The molecule has 0 bridgehead atoms. The first kappa shape index (κ1) is 15.6. The minimum absolute atomic E-state index is 0.0892. The molecule has 0 aliphatic carbocycles. The minimum Gasteiger partial charge on any atom is -0.479 e. The van der Waals surface area contributed by atoms with E-state index in [0.717, 1.165) is 11.1 Å². The summed E-state index contributed by atoms with van der Waals surface area (Å²) in [7, 11) is 0. The molecule has 7 nitrogen and oxygen atoms in total. The van der Waals surface area contributed by atoms with Crippen molar-refractivity contribution in [2.75, 3.05) is 0 Å². The topological polar surface area (TPSA) is 121 Å². The number of ether oxygens (including phenoxy) is 1. The number of aliphatic hydroxyl groups excluding tert-OH is 1. The van der Waals surface area contributed by atoms with E-state index in [1.807, 2.05) is 0 Å². The lowest BCUT2D eigenvalue weighted by Crippen LogP contribution is -2.43. The average Bonchev–Trinajstić information content (AvgIpc) is 2.33. The van der Waals surface area contributed by atoms with Gasteiger partial charge in [-0.15, -0.1) is 0 Å². The predicted molar refractivity (Wildman–Crippen MR) is 66.4 cm³/mol. The van der Waals surface area contributed by atoms with Crippen LogP contribution in [0.15, 0.2) is 18.2 Å². The maximum absolute atomic E-state index is 11.8. The molecule has 0 spiro atoms. The van der Waals surface area contributed by atoms with Crippen LogP contribution in [0.25, 0.3) is 0 Å². The monoisotopic (exact) mass is 282 g/mol. The van der Waals surface area contributed by atoms with E-state index >= 15 is 0 Å². The molecule has 0 aliphatic rings. The normalized spacial score (nSPS) is 13.3. The van der Waals surface area contributed by atoms with Crippen LogP contribution in [0.5, 0.6) is 0 Å². The molecular formula is C13H14O7. The maximum atomic E-state index is 11.8. The lowest BCUT2D eigenvalue weighted by molar-refractivity contribution is -0.166. The van der Waals surface area contributed by atoms with Gasteiger partial charge in [-0.2, -0.15) is 0 Å². The van der Waals surface area contributed by atoms with E-state index < -0.39 is 30.1 Å². The van der Waals surface area contributed by atoms with Crippen LogP contribution in [0.3, 0.4) is 0 Å². The van der Waals surface area contributed by atoms with Crippen molar-refractivity contribution in [1.82, 2.24) is 0 Å². The van der Waals surface area contributed by atoms with Crippen molar-refractivity contribution in [1.29, 1.82) is 0 Å². The Kier molecular flexibility index (Phi) is 4.82. The summed E-state index contributed by atoms with van der Waals surface area (Å²) in [5, 5.41) is 26.6. The van der Waals surface area contributed by atoms with Crippen molar-refractivity contribution in [3.63, 3.8) is 0 Å². The fourth-order valence-corrected chi connectivity index (χ4v) is 1.66. The molecule has 0 aliphatic heterocycles. The number of esters is 1. The molecule has 7 heteroatoms. The van der Waals surface area contributed by atoms with Gasteiger partial charge in [-0.25, -0.2) is 14.4 Å². The van der Waals surface area contributed by atoms with Gasteiger partial charge in [0.15, 0.2) is 6.10 Å². The molecule has 0 saturated carbocycles. The standard InChI is InChI=1S/C13H14O7/c1-6-3-7(2)5-8(4-6)13(19)20-10(12(17)18)9(14)11(15)16/h3-5,9-10,14H,1-2H3,(H,15,16)(H,17,18). The van der Waals surface area contributed by atoms with Gasteiger partial charge in [-0.3, -0.25) is 0 Å². The Hall–Kier alpha value is -2.41. The number of carboxylic acid groups (broad SMARTS) is 2. The molecule has 0 amide bonds. The molecule has 0 fully saturated rings. The molecular weight excluding hydrogens is 268 g/mol. The highest BCUT2D eigenvalue weighted by molar-refractivity contribution is 5.93. The Labute approximate surface area is 114 Å². The molecule has 0 aromatic heterocycles. The van der Waals surface area contributed by atoms with Gasteiger partial charge in [0, 0.05) is 0 Å². The summed E-state index contributed by atoms with van der Waals surface area (Å²) in [6.07, 6.45) is -4.50. The summed E-state index contributed by atoms with van der Waals surface area (Å²) in [4.78, 5) is 33.2.